The first-order valence-corrected chi connectivity index (χ1v) is 11.2. The molecule has 0 radical (unpaired) electrons. The number of aliphatic imine (C=N–C) groups is 1. The Hall–Kier alpha value is -1.83. The first-order chi connectivity index (χ1) is 14.6. The van der Waals surface area contributed by atoms with Crippen LogP contribution < -0.4 is 5.32 Å². The van der Waals surface area contributed by atoms with E-state index in [-0.39, 0.29) is 17.9 Å². The number of carbonyl (C=O) groups is 1. The number of hydrogen-bond donors (Lipinski definition) is 1. The van der Waals surface area contributed by atoms with Crippen LogP contribution in [0.5, 0.6) is 0 Å². The average Bonchev–Trinajstić information content (AvgIpc) is 2.79. The molecule has 2 saturated heterocycles. The molecule has 3 rings (SSSR count). The largest absolute Gasteiger partial charge is 0.469 e. The highest BCUT2D eigenvalue weighted by atomic mass is 35.5. The zero-order valence-electron chi connectivity index (χ0n) is 18.0. The number of nitrogens with one attached hydrogen (secondary N) is 1. The molecule has 30 heavy (non-hydrogen) atoms. The van der Waals surface area contributed by atoms with Crippen molar-refractivity contribution in [3.8, 4) is 0 Å². The van der Waals surface area contributed by atoms with Crippen LogP contribution in [0.3, 0.4) is 0 Å². The quantitative estimate of drug-likeness (QED) is 0.420. The maximum Gasteiger partial charge on any atom is 0.308 e. The van der Waals surface area contributed by atoms with Crippen molar-refractivity contribution in [2.45, 2.75) is 25.8 Å². The normalized spacial score (nSPS) is 20.1. The minimum absolute atomic E-state index is 0.0123. The number of nitrogens with zero attached hydrogens (tertiary/aromatic N) is 3. The Morgan fingerprint density at radius 3 is 2.67 bits per heavy atom. The second-order valence-electron chi connectivity index (χ2n) is 7.70. The summed E-state index contributed by atoms with van der Waals surface area (Å²) in [6, 6.07) is 8.20. The lowest BCUT2D eigenvalue weighted by atomic mass is 9.97. The zero-order chi connectivity index (χ0) is 21.3. The molecule has 1 unspecified atom stereocenters. The average molecular weight is 437 g/mol. The lowest BCUT2D eigenvalue weighted by Crippen LogP contribution is -2.47. The molecule has 2 heterocycles. The van der Waals surface area contributed by atoms with E-state index in [1.165, 1.54) is 12.7 Å². The van der Waals surface area contributed by atoms with E-state index in [1.807, 2.05) is 18.2 Å². The molecule has 1 N–H and O–H groups in total. The first kappa shape index (κ1) is 22.8. The Morgan fingerprint density at radius 2 is 2.03 bits per heavy atom. The molecule has 0 bridgehead atoms. The van der Waals surface area contributed by atoms with Gasteiger partial charge >= 0.3 is 5.97 Å². The molecule has 0 aliphatic carbocycles. The molecule has 166 valence electrons. The fourth-order valence-corrected chi connectivity index (χ4v) is 4.33. The minimum atomic E-state index is -0.107. The van der Waals surface area contributed by atoms with E-state index in [1.54, 1.807) is 0 Å². The van der Waals surface area contributed by atoms with Crippen LogP contribution in [0.1, 0.15) is 31.4 Å². The number of halogens is 1. The van der Waals surface area contributed by atoms with Gasteiger partial charge in [-0.15, -0.1) is 0 Å². The number of rotatable bonds is 6. The number of piperidine rings is 1. The highest BCUT2D eigenvalue weighted by Gasteiger charge is 2.28. The lowest BCUT2D eigenvalue weighted by Gasteiger charge is -2.36. The third-order valence-corrected chi connectivity index (χ3v) is 6.03. The van der Waals surface area contributed by atoms with Crippen molar-refractivity contribution >= 4 is 23.5 Å². The van der Waals surface area contributed by atoms with E-state index in [0.717, 1.165) is 69.8 Å². The summed E-state index contributed by atoms with van der Waals surface area (Å²) in [5.41, 5.74) is 1.17. The van der Waals surface area contributed by atoms with Gasteiger partial charge in [-0.2, -0.15) is 0 Å². The van der Waals surface area contributed by atoms with Crippen molar-refractivity contribution in [2.24, 2.45) is 10.9 Å². The first-order valence-electron chi connectivity index (χ1n) is 10.8. The fourth-order valence-electron chi connectivity index (χ4n) is 4.13. The van der Waals surface area contributed by atoms with Crippen LogP contribution >= 0.6 is 11.6 Å². The summed E-state index contributed by atoms with van der Waals surface area (Å²) in [7, 11) is 1.46. The van der Waals surface area contributed by atoms with Gasteiger partial charge in [0.1, 0.15) is 0 Å². The standard InChI is InChI=1S/C22H33ClN4O3/c1-3-24-22(27-9-7-17(8-10-27)21(28)29-2)25-16-20(26-11-13-30-14-12-26)18-5-4-6-19(23)15-18/h4-6,15,17,20H,3,7-14,16H2,1-2H3,(H,24,25). The third kappa shape index (κ3) is 6.09. The van der Waals surface area contributed by atoms with Crippen LogP contribution in [0.15, 0.2) is 29.3 Å². The maximum absolute atomic E-state index is 11.8. The molecule has 1 aromatic rings. The zero-order valence-corrected chi connectivity index (χ0v) is 18.7. The second-order valence-corrected chi connectivity index (χ2v) is 8.13. The number of benzene rings is 1. The number of ether oxygens (including phenoxy) is 2. The van der Waals surface area contributed by atoms with Gasteiger partial charge in [-0.1, -0.05) is 23.7 Å². The number of carbonyl (C=O) groups excluding carboxylic acids is 1. The lowest BCUT2D eigenvalue weighted by molar-refractivity contribution is -0.146. The summed E-state index contributed by atoms with van der Waals surface area (Å²) in [6.07, 6.45) is 1.58. The molecule has 0 spiro atoms. The van der Waals surface area contributed by atoms with Crippen LogP contribution in [0.2, 0.25) is 5.02 Å². The van der Waals surface area contributed by atoms with E-state index in [0.29, 0.717) is 6.54 Å². The number of methoxy groups -OCH3 is 1. The van der Waals surface area contributed by atoms with Crippen molar-refractivity contribution < 1.29 is 14.3 Å². The molecular weight excluding hydrogens is 404 g/mol. The van der Waals surface area contributed by atoms with Crippen LogP contribution in [0, 0.1) is 5.92 Å². The van der Waals surface area contributed by atoms with Gasteiger partial charge < -0.3 is 19.7 Å². The third-order valence-electron chi connectivity index (χ3n) is 5.80. The van der Waals surface area contributed by atoms with Gasteiger partial charge in [-0.05, 0) is 37.5 Å². The molecule has 7 nitrogen and oxygen atoms in total. The van der Waals surface area contributed by atoms with Gasteiger partial charge in [-0.3, -0.25) is 14.7 Å². The second kappa shape index (κ2) is 11.5. The van der Waals surface area contributed by atoms with Crippen molar-refractivity contribution in [3.05, 3.63) is 34.9 Å². The molecule has 2 aliphatic rings. The summed E-state index contributed by atoms with van der Waals surface area (Å²) in [5.74, 6) is 0.785. The summed E-state index contributed by atoms with van der Waals surface area (Å²) >= 11 is 6.28. The topological polar surface area (TPSA) is 66.4 Å². The van der Waals surface area contributed by atoms with Crippen molar-refractivity contribution in [1.82, 2.24) is 15.1 Å². The van der Waals surface area contributed by atoms with Gasteiger partial charge in [0.25, 0.3) is 0 Å². The number of hydrogen-bond acceptors (Lipinski definition) is 5. The predicted molar refractivity (Wildman–Crippen MR) is 119 cm³/mol. The van der Waals surface area contributed by atoms with Crippen molar-refractivity contribution in [2.75, 3.05) is 59.6 Å². The van der Waals surface area contributed by atoms with E-state index in [4.69, 9.17) is 26.1 Å². The van der Waals surface area contributed by atoms with Crippen molar-refractivity contribution in [3.63, 3.8) is 0 Å². The Kier molecular flexibility index (Phi) is 8.78. The van der Waals surface area contributed by atoms with Gasteiger partial charge in [0.15, 0.2) is 5.96 Å². The molecule has 0 aromatic heterocycles. The van der Waals surface area contributed by atoms with E-state index < -0.39 is 0 Å². The van der Waals surface area contributed by atoms with Gasteiger partial charge in [0.2, 0.25) is 0 Å². The molecule has 1 atom stereocenters. The summed E-state index contributed by atoms with van der Waals surface area (Å²) in [4.78, 5) is 21.5. The summed E-state index contributed by atoms with van der Waals surface area (Å²) in [6.45, 7) is 8.35. The Bertz CT molecular complexity index is 716. The van der Waals surface area contributed by atoms with Crippen molar-refractivity contribution in [1.29, 1.82) is 0 Å². The SMILES string of the molecule is CCNC(=NCC(c1cccc(Cl)c1)N1CCOCC1)N1CCC(C(=O)OC)CC1. The van der Waals surface area contributed by atoms with E-state index in [2.05, 4.69) is 28.1 Å². The molecule has 8 heteroatoms. The van der Waals surface area contributed by atoms with E-state index >= 15 is 0 Å². The summed E-state index contributed by atoms with van der Waals surface area (Å²) in [5, 5.41) is 4.16. The molecule has 0 saturated carbocycles. The molecule has 0 amide bonds. The monoisotopic (exact) mass is 436 g/mol. The van der Waals surface area contributed by atoms with Gasteiger partial charge in [0, 0.05) is 37.7 Å². The Morgan fingerprint density at radius 1 is 1.30 bits per heavy atom. The highest BCUT2D eigenvalue weighted by Crippen LogP contribution is 2.25. The number of guanidine groups is 1. The van der Waals surface area contributed by atoms with Crippen LogP contribution in [-0.4, -0.2) is 81.3 Å². The smallest absolute Gasteiger partial charge is 0.308 e. The highest BCUT2D eigenvalue weighted by molar-refractivity contribution is 6.30. The number of morpholine rings is 1. The minimum Gasteiger partial charge on any atom is -0.469 e. The summed E-state index contributed by atoms with van der Waals surface area (Å²) < 4.78 is 10.5. The molecule has 2 fully saturated rings. The Balaban J connectivity index is 1.73. The predicted octanol–water partition coefficient (Wildman–Crippen LogP) is 2.56. The van der Waals surface area contributed by atoms with Crippen LogP contribution in [-0.2, 0) is 14.3 Å². The van der Waals surface area contributed by atoms with Gasteiger partial charge in [0.05, 0.1) is 38.8 Å². The molecule has 1 aromatic carbocycles. The molecular formula is C22H33ClN4O3. The number of likely N-dealkylation sites (tertiary alicyclic amines) is 1. The maximum atomic E-state index is 11.8. The number of esters is 1. The molecule has 2 aliphatic heterocycles. The van der Waals surface area contributed by atoms with E-state index in [9.17, 15) is 4.79 Å². The van der Waals surface area contributed by atoms with Crippen LogP contribution in [0.25, 0.3) is 0 Å². The van der Waals surface area contributed by atoms with Crippen LogP contribution in [0.4, 0.5) is 0 Å². The Labute approximate surface area is 184 Å². The fraction of sp³-hybridized carbons (Fsp3) is 0.636. The van der Waals surface area contributed by atoms with Gasteiger partial charge in [-0.25, -0.2) is 0 Å².